The normalized spacial score (nSPS) is 15.0. The zero-order valence-electron chi connectivity index (χ0n) is 25.1. The van der Waals surface area contributed by atoms with E-state index in [1.165, 1.54) is 38.5 Å². The van der Waals surface area contributed by atoms with E-state index in [1.54, 1.807) is 14.1 Å². The number of halogens is 13. The molecule has 0 bridgehead atoms. The van der Waals surface area contributed by atoms with E-state index in [2.05, 4.69) is 6.92 Å². The highest BCUT2D eigenvalue weighted by Gasteiger charge is 2.90. The van der Waals surface area contributed by atoms with Crippen LogP contribution in [0.15, 0.2) is 0 Å². The minimum absolute atomic E-state index is 0.0416. The molecule has 0 spiro atoms. The summed E-state index contributed by atoms with van der Waals surface area (Å²) in [4.78, 5) is 0. The van der Waals surface area contributed by atoms with Crippen LogP contribution in [0.5, 0.6) is 0 Å². The maximum Gasteiger partial charge on any atom is 0.460 e. The first-order valence-corrected chi connectivity index (χ1v) is 14.3. The van der Waals surface area contributed by atoms with Crippen LogP contribution in [0.1, 0.15) is 84.0 Å². The summed E-state index contributed by atoms with van der Waals surface area (Å²) in [5.74, 6) is -36.5. The Kier molecular flexibility index (Phi) is 15.0. The monoisotopic (exact) mass is 646 g/mol. The summed E-state index contributed by atoms with van der Waals surface area (Å²) in [6, 6.07) is 0. The fourth-order valence-electron chi connectivity index (χ4n) is 4.48. The van der Waals surface area contributed by atoms with Gasteiger partial charge in [-0.05, 0) is 12.8 Å². The molecule has 0 aliphatic rings. The Balaban J connectivity index is 4.88. The van der Waals surface area contributed by atoms with Crippen molar-refractivity contribution in [3.05, 3.63) is 0 Å². The fourth-order valence-corrected chi connectivity index (χ4v) is 4.48. The molecule has 2 nitrogen and oxygen atoms in total. The van der Waals surface area contributed by atoms with Crippen molar-refractivity contribution in [3.63, 3.8) is 0 Å². The molecule has 0 aromatic rings. The lowest BCUT2D eigenvalue weighted by Gasteiger charge is -2.40. The number of nitrogens with zero attached hydrogens (tertiary/aromatic N) is 2. The number of unbranched alkanes of at least 4 members (excludes halogenated alkanes) is 9. The van der Waals surface area contributed by atoms with E-state index in [0.717, 1.165) is 32.2 Å². The second-order valence-electron chi connectivity index (χ2n) is 12.6. The van der Waals surface area contributed by atoms with E-state index in [1.807, 2.05) is 14.1 Å². The van der Waals surface area contributed by atoms with Gasteiger partial charge in [-0.25, -0.2) is 0 Å². The van der Waals surface area contributed by atoms with Crippen molar-refractivity contribution in [1.29, 1.82) is 0 Å². The van der Waals surface area contributed by atoms with Crippen molar-refractivity contribution < 1.29 is 66.0 Å². The summed E-state index contributed by atoms with van der Waals surface area (Å²) >= 11 is 0. The van der Waals surface area contributed by atoms with Crippen molar-refractivity contribution in [2.75, 3.05) is 54.4 Å². The Hall–Kier alpha value is -0.990. The molecule has 0 saturated carbocycles. The third-order valence-electron chi connectivity index (χ3n) is 7.68. The number of hydrogen-bond acceptors (Lipinski definition) is 0. The van der Waals surface area contributed by atoms with Gasteiger partial charge >= 0.3 is 35.8 Å². The Labute approximate surface area is 240 Å². The maximum absolute atomic E-state index is 14.1. The molecule has 0 unspecified atom stereocenters. The summed E-state index contributed by atoms with van der Waals surface area (Å²) in [5.41, 5.74) is 0. The molecule has 0 aromatic carbocycles. The molecule has 0 saturated heterocycles. The van der Waals surface area contributed by atoms with Crippen molar-refractivity contribution >= 4 is 0 Å². The molecule has 0 rings (SSSR count). The van der Waals surface area contributed by atoms with E-state index in [9.17, 15) is 57.1 Å². The first kappa shape index (κ1) is 41.0. The summed E-state index contributed by atoms with van der Waals surface area (Å²) in [6.07, 6.45) is 1.17. The average Bonchev–Trinajstić information content (AvgIpc) is 2.82. The zero-order valence-corrected chi connectivity index (χ0v) is 25.1. The van der Waals surface area contributed by atoms with E-state index in [0.29, 0.717) is 17.6 Å². The number of alkyl halides is 13. The van der Waals surface area contributed by atoms with Crippen molar-refractivity contribution in [1.82, 2.24) is 0 Å². The van der Waals surface area contributed by atoms with E-state index in [-0.39, 0.29) is 11.0 Å². The summed E-state index contributed by atoms with van der Waals surface area (Å²) in [6.45, 7) is 3.56. The predicted octanol–water partition coefficient (Wildman–Crippen LogP) is 9.58. The molecule has 0 amide bonds. The van der Waals surface area contributed by atoms with Gasteiger partial charge in [0.1, 0.15) is 13.1 Å². The van der Waals surface area contributed by atoms with Crippen LogP contribution in [-0.4, -0.2) is 99.1 Å². The van der Waals surface area contributed by atoms with Crippen molar-refractivity contribution in [2.24, 2.45) is 0 Å². The molecule has 0 heterocycles. The molecule has 0 aromatic heterocycles. The van der Waals surface area contributed by atoms with Gasteiger partial charge in [0, 0.05) is 12.8 Å². The largest absolute Gasteiger partial charge is 0.460 e. The lowest BCUT2D eigenvalue weighted by molar-refractivity contribution is -0.946. The predicted molar refractivity (Wildman–Crippen MR) is 136 cm³/mol. The van der Waals surface area contributed by atoms with E-state index < -0.39 is 48.6 Å². The number of rotatable bonds is 22. The average molecular weight is 647 g/mol. The van der Waals surface area contributed by atoms with Crippen LogP contribution >= 0.6 is 0 Å². The topological polar surface area (TPSA) is 0 Å². The fraction of sp³-hybridized carbons (Fsp3) is 1.00. The Bertz CT molecular complexity index is 778. The molecule has 0 radical (unpaired) electrons. The Morgan fingerprint density at radius 2 is 0.714 bits per heavy atom. The highest BCUT2D eigenvalue weighted by molar-refractivity contribution is 5.10. The zero-order chi connectivity index (χ0) is 33.3. The highest BCUT2D eigenvalue weighted by Crippen LogP contribution is 2.60. The highest BCUT2D eigenvalue weighted by atomic mass is 19.4. The molecule has 254 valence electrons. The SMILES string of the molecule is CCCCCCCCCCCC[N+](C)(C)CC[N+](C)(C)CCCC(F)(F)C(F)(F)C(F)(F)C(F)(F)C(F)(F)C(F)(F)F. The molecule has 42 heavy (non-hydrogen) atoms. The van der Waals surface area contributed by atoms with E-state index in [4.69, 9.17) is 0 Å². The second-order valence-corrected chi connectivity index (χ2v) is 12.6. The number of likely N-dealkylation sites (N-methyl/N-ethyl adjacent to an activating group) is 2. The molecule has 0 N–H and O–H groups in total. The number of hydrogen-bond donors (Lipinski definition) is 0. The van der Waals surface area contributed by atoms with Crippen molar-refractivity contribution in [2.45, 2.75) is 120 Å². The summed E-state index contributed by atoms with van der Waals surface area (Å²) < 4.78 is 173. The van der Waals surface area contributed by atoms with Gasteiger partial charge in [0.2, 0.25) is 0 Å². The van der Waals surface area contributed by atoms with Crippen molar-refractivity contribution in [3.8, 4) is 0 Å². The van der Waals surface area contributed by atoms with Crippen LogP contribution < -0.4 is 0 Å². The molecule has 0 atom stereocenters. The second kappa shape index (κ2) is 15.3. The molecule has 0 aliphatic carbocycles. The van der Waals surface area contributed by atoms with E-state index >= 15 is 0 Å². The van der Waals surface area contributed by atoms with Gasteiger partial charge in [-0.3, -0.25) is 0 Å². The van der Waals surface area contributed by atoms with Gasteiger partial charge in [0.05, 0.1) is 41.3 Å². The Morgan fingerprint density at radius 3 is 1.10 bits per heavy atom. The molecule has 15 heteroatoms. The smallest absolute Gasteiger partial charge is 0.324 e. The maximum atomic E-state index is 14.1. The van der Waals surface area contributed by atoms with Crippen LogP contribution in [0.2, 0.25) is 0 Å². The van der Waals surface area contributed by atoms with Crippen LogP contribution in [0, 0.1) is 0 Å². The quantitative estimate of drug-likeness (QED) is 0.0625. The third kappa shape index (κ3) is 10.9. The minimum atomic E-state index is -7.85. The van der Waals surface area contributed by atoms with Crippen LogP contribution in [-0.2, 0) is 0 Å². The third-order valence-corrected chi connectivity index (χ3v) is 7.68. The van der Waals surface area contributed by atoms with Crippen LogP contribution in [0.3, 0.4) is 0 Å². The Morgan fingerprint density at radius 1 is 0.381 bits per heavy atom. The first-order chi connectivity index (χ1) is 18.7. The molecular weight excluding hydrogens is 599 g/mol. The van der Waals surface area contributed by atoms with Gasteiger partial charge in [-0.1, -0.05) is 58.3 Å². The first-order valence-electron chi connectivity index (χ1n) is 14.3. The van der Waals surface area contributed by atoms with Gasteiger partial charge < -0.3 is 8.97 Å². The standard InChI is InChI=1S/C27H47F13N2/c1-6-7-8-9-10-11-12-13-14-15-18-41(2,3)20-21-42(4,5)19-16-17-22(28,29)23(30,31)24(32,33)25(34,35)26(36,37)27(38,39)40/h6-21H2,1-5H3/q+2. The lowest BCUT2D eigenvalue weighted by Crippen LogP contribution is -2.70. The van der Waals surface area contributed by atoms with Gasteiger partial charge in [0.25, 0.3) is 0 Å². The minimum Gasteiger partial charge on any atom is -0.324 e. The molecular formula is C27H47F13N2+2. The molecule has 0 fully saturated rings. The van der Waals surface area contributed by atoms with Crippen LogP contribution in [0.4, 0.5) is 57.1 Å². The summed E-state index contributed by atoms with van der Waals surface area (Å²) in [5, 5.41) is 0. The van der Waals surface area contributed by atoms with Gasteiger partial charge in [-0.15, -0.1) is 0 Å². The summed E-state index contributed by atoms with van der Waals surface area (Å²) in [7, 11) is 6.98. The number of quaternary nitrogens is 2. The van der Waals surface area contributed by atoms with Gasteiger partial charge in [-0.2, -0.15) is 57.1 Å². The van der Waals surface area contributed by atoms with Crippen LogP contribution in [0.25, 0.3) is 0 Å². The molecule has 0 aliphatic heterocycles. The lowest BCUT2D eigenvalue weighted by atomic mass is 9.92. The van der Waals surface area contributed by atoms with Gasteiger partial charge in [0.15, 0.2) is 0 Å².